The van der Waals surface area contributed by atoms with Gasteiger partial charge in [0.15, 0.2) is 0 Å². The van der Waals surface area contributed by atoms with Crippen molar-refractivity contribution in [3.63, 3.8) is 0 Å². The Hall–Kier alpha value is -1.36. The molecule has 3 unspecified atom stereocenters. The summed E-state index contributed by atoms with van der Waals surface area (Å²) in [5, 5.41) is 3.49. The first-order valence-electron chi connectivity index (χ1n) is 7.14. The molecule has 2 aliphatic rings. The third-order valence-electron chi connectivity index (χ3n) is 4.50. The van der Waals surface area contributed by atoms with Crippen LogP contribution in [0.25, 0.3) is 0 Å². The zero-order chi connectivity index (χ0) is 13.4. The maximum Gasteiger partial charge on any atom is 0.221 e. The summed E-state index contributed by atoms with van der Waals surface area (Å²) in [7, 11) is 0. The van der Waals surface area contributed by atoms with Crippen LogP contribution < -0.4 is 15.0 Å². The zero-order valence-electron chi connectivity index (χ0n) is 11.9. The lowest BCUT2D eigenvalue weighted by Gasteiger charge is -2.27. The number of hydrogen-bond donors (Lipinski definition) is 1. The Bertz CT molecular complexity index is 465. The molecular weight excluding hydrogens is 240 g/mol. The summed E-state index contributed by atoms with van der Waals surface area (Å²) in [6.45, 7) is 10.3. The molecule has 3 heterocycles. The summed E-state index contributed by atoms with van der Waals surface area (Å²) in [5.41, 5.74) is 1.06. The molecule has 2 saturated heterocycles. The molecule has 3 rings (SSSR count). The van der Waals surface area contributed by atoms with Crippen LogP contribution >= 0.6 is 0 Å². The van der Waals surface area contributed by atoms with E-state index in [9.17, 15) is 0 Å². The van der Waals surface area contributed by atoms with Crippen molar-refractivity contribution in [1.29, 1.82) is 0 Å². The summed E-state index contributed by atoms with van der Waals surface area (Å²) in [6.07, 6.45) is 1.62. The Morgan fingerprint density at radius 2 is 2.26 bits per heavy atom. The van der Waals surface area contributed by atoms with Gasteiger partial charge in [-0.1, -0.05) is 0 Å². The minimum Gasteiger partial charge on any atom is -0.478 e. The number of rotatable bonds is 3. The van der Waals surface area contributed by atoms with Crippen LogP contribution in [0.3, 0.4) is 0 Å². The molecule has 0 aromatic carbocycles. The highest BCUT2D eigenvalue weighted by atomic mass is 16.5. The molecule has 2 fully saturated rings. The number of ether oxygens (including phenoxy) is 1. The predicted molar refractivity (Wildman–Crippen MR) is 74.6 cm³/mol. The van der Waals surface area contributed by atoms with E-state index in [0.717, 1.165) is 48.7 Å². The van der Waals surface area contributed by atoms with Gasteiger partial charge in [0.2, 0.25) is 5.88 Å². The highest BCUT2D eigenvalue weighted by Crippen LogP contribution is 2.37. The molecule has 0 bridgehead atoms. The van der Waals surface area contributed by atoms with Crippen molar-refractivity contribution in [2.75, 3.05) is 31.1 Å². The lowest BCUT2D eigenvalue weighted by atomic mass is 9.95. The third kappa shape index (κ3) is 2.06. The first-order chi connectivity index (χ1) is 9.22. The number of hydrogen-bond acceptors (Lipinski definition) is 5. The van der Waals surface area contributed by atoms with Gasteiger partial charge in [-0.15, -0.1) is 0 Å². The van der Waals surface area contributed by atoms with Gasteiger partial charge < -0.3 is 15.0 Å². The van der Waals surface area contributed by atoms with Crippen molar-refractivity contribution < 1.29 is 4.74 Å². The second-order valence-electron chi connectivity index (χ2n) is 5.54. The van der Waals surface area contributed by atoms with Gasteiger partial charge in [-0.05, 0) is 32.6 Å². The summed E-state index contributed by atoms with van der Waals surface area (Å²) >= 11 is 0. The van der Waals surface area contributed by atoms with Gasteiger partial charge in [0.25, 0.3) is 0 Å². The van der Waals surface area contributed by atoms with Gasteiger partial charge in [0.05, 0.1) is 12.2 Å². The van der Waals surface area contributed by atoms with E-state index in [0.29, 0.717) is 12.6 Å². The number of nitrogens with zero attached hydrogens (tertiary/aromatic N) is 3. The minimum absolute atomic E-state index is 0.531. The molecule has 0 saturated carbocycles. The van der Waals surface area contributed by atoms with Crippen molar-refractivity contribution in [2.45, 2.75) is 26.8 Å². The van der Waals surface area contributed by atoms with Crippen LogP contribution in [-0.4, -0.2) is 42.3 Å². The molecule has 0 radical (unpaired) electrons. The van der Waals surface area contributed by atoms with Gasteiger partial charge in [0.1, 0.15) is 12.1 Å². The summed E-state index contributed by atoms with van der Waals surface area (Å²) in [6, 6.07) is 0.531. The van der Waals surface area contributed by atoms with Crippen LogP contribution in [0.4, 0.5) is 5.82 Å². The maximum absolute atomic E-state index is 5.58. The molecule has 0 aliphatic carbocycles. The Kier molecular flexibility index (Phi) is 3.31. The summed E-state index contributed by atoms with van der Waals surface area (Å²) in [5.74, 6) is 3.25. The van der Waals surface area contributed by atoms with E-state index in [1.165, 1.54) is 0 Å². The van der Waals surface area contributed by atoms with Gasteiger partial charge >= 0.3 is 0 Å². The molecule has 5 heteroatoms. The molecule has 0 spiro atoms. The number of nitrogens with one attached hydrogen (secondary N) is 1. The fraction of sp³-hybridized carbons (Fsp3) is 0.714. The number of aromatic nitrogens is 2. The SMILES string of the molecule is CCOc1ncnc(N2CC3CNCC3C2C)c1C. The normalized spacial score (nSPS) is 29.6. The van der Waals surface area contributed by atoms with Crippen LogP contribution in [0.1, 0.15) is 19.4 Å². The zero-order valence-corrected chi connectivity index (χ0v) is 11.9. The van der Waals surface area contributed by atoms with Crippen LogP contribution in [0.2, 0.25) is 0 Å². The standard InChI is InChI=1S/C14H22N4O/c1-4-19-14-9(2)13(16-8-17-14)18-7-11-5-15-6-12(11)10(18)3/h8,10-12,15H,4-7H2,1-3H3. The molecule has 19 heavy (non-hydrogen) atoms. The van der Waals surface area contributed by atoms with E-state index in [4.69, 9.17) is 4.74 Å². The lowest BCUT2D eigenvalue weighted by Crippen LogP contribution is -2.34. The summed E-state index contributed by atoms with van der Waals surface area (Å²) in [4.78, 5) is 11.1. The molecule has 5 nitrogen and oxygen atoms in total. The van der Waals surface area contributed by atoms with Crippen molar-refractivity contribution in [1.82, 2.24) is 15.3 Å². The van der Waals surface area contributed by atoms with Gasteiger partial charge in [0, 0.05) is 25.7 Å². The van der Waals surface area contributed by atoms with E-state index in [-0.39, 0.29) is 0 Å². The molecule has 2 aliphatic heterocycles. The number of anilines is 1. The lowest BCUT2D eigenvalue weighted by molar-refractivity contribution is 0.323. The Labute approximate surface area is 114 Å². The van der Waals surface area contributed by atoms with Gasteiger partial charge in [-0.2, -0.15) is 0 Å². The van der Waals surface area contributed by atoms with Gasteiger partial charge in [-0.25, -0.2) is 9.97 Å². The fourth-order valence-corrected chi connectivity index (χ4v) is 3.44. The number of fused-ring (bicyclic) bond motifs is 1. The monoisotopic (exact) mass is 262 g/mol. The van der Waals surface area contributed by atoms with Crippen molar-refractivity contribution >= 4 is 5.82 Å². The smallest absolute Gasteiger partial charge is 0.221 e. The largest absolute Gasteiger partial charge is 0.478 e. The van der Waals surface area contributed by atoms with Crippen LogP contribution in [0.5, 0.6) is 5.88 Å². The van der Waals surface area contributed by atoms with Crippen molar-refractivity contribution in [2.24, 2.45) is 11.8 Å². The highest BCUT2D eigenvalue weighted by Gasteiger charge is 2.42. The first kappa shape index (κ1) is 12.7. The van der Waals surface area contributed by atoms with E-state index >= 15 is 0 Å². The predicted octanol–water partition coefficient (Wildman–Crippen LogP) is 1.23. The van der Waals surface area contributed by atoms with E-state index in [1.54, 1.807) is 6.33 Å². The second kappa shape index (κ2) is 4.96. The highest BCUT2D eigenvalue weighted by molar-refractivity contribution is 5.52. The average molecular weight is 262 g/mol. The van der Waals surface area contributed by atoms with E-state index in [2.05, 4.69) is 34.0 Å². The molecule has 1 aromatic rings. The second-order valence-corrected chi connectivity index (χ2v) is 5.54. The van der Waals surface area contributed by atoms with Crippen LogP contribution in [-0.2, 0) is 0 Å². The molecule has 1 N–H and O–H groups in total. The molecule has 0 amide bonds. The van der Waals surface area contributed by atoms with Crippen molar-refractivity contribution in [3.05, 3.63) is 11.9 Å². The summed E-state index contributed by atoms with van der Waals surface area (Å²) < 4.78 is 5.58. The quantitative estimate of drug-likeness (QED) is 0.888. The van der Waals surface area contributed by atoms with E-state index in [1.807, 2.05) is 6.92 Å². The molecule has 104 valence electrons. The van der Waals surface area contributed by atoms with Crippen LogP contribution in [0, 0.1) is 18.8 Å². The minimum atomic E-state index is 0.531. The average Bonchev–Trinajstić information content (AvgIpc) is 2.96. The fourth-order valence-electron chi connectivity index (χ4n) is 3.44. The topological polar surface area (TPSA) is 50.3 Å². The van der Waals surface area contributed by atoms with E-state index < -0.39 is 0 Å². The Morgan fingerprint density at radius 3 is 3.00 bits per heavy atom. The van der Waals surface area contributed by atoms with Crippen molar-refractivity contribution in [3.8, 4) is 5.88 Å². The Morgan fingerprint density at radius 1 is 1.42 bits per heavy atom. The Balaban J connectivity index is 1.88. The van der Waals surface area contributed by atoms with Gasteiger partial charge in [-0.3, -0.25) is 0 Å². The maximum atomic E-state index is 5.58. The molecule has 1 aromatic heterocycles. The molecular formula is C14H22N4O. The molecule has 3 atom stereocenters. The van der Waals surface area contributed by atoms with Crippen LogP contribution in [0.15, 0.2) is 6.33 Å². The third-order valence-corrected chi connectivity index (χ3v) is 4.50. The first-order valence-corrected chi connectivity index (χ1v) is 7.14.